The zero-order valence-electron chi connectivity index (χ0n) is 15.7. The summed E-state index contributed by atoms with van der Waals surface area (Å²) in [6, 6.07) is 13.0. The van der Waals surface area contributed by atoms with Gasteiger partial charge in [0.05, 0.1) is 14.2 Å². The van der Waals surface area contributed by atoms with Crippen molar-refractivity contribution in [3.63, 3.8) is 0 Å². The van der Waals surface area contributed by atoms with Gasteiger partial charge in [-0.1, -0.05) is 29.8 Å². The summed E-state index contributed by atoms with van der Waals surface area (Å²) < 4.78 is 15.3. The molecule has 6 nitrogen and oxygen atoms in total. The molecule has 0 spiro atoms. The van der Waals surface area contributed by atoms with Crippen molar-refractivity contribution >= 4 is 18.0 Å². The lowest BCUT2D eigenvalue weighted by Gasteiger charge is -2.07. The van der Waals surface area contributed by atoms with Crippen molar-refractivity contribution in [1.29, 1.82) is 0 Å². The first kappa shape index (κ1) is 20.0. The van der Waals surface area contributed by atoms with Crippen molar-refractivity contribution in [3.05, 3.63) is 65.2 Å². The molecule has 0 aromatic heterocycles. The van der Waals surface area contributed by atoms with Crippen LogP contribution in [0, 0.1) is 6.92 Å². The van der Waals surface area contributed by atoms with Crippen molar-refractivity contribution in [2.45, 2.75) is 13.5 Å². The number of ether oxygens (including phenoxy) is 3. The van der Waals surface area contributed by atoms with Crippen LogP contribution in [0.25, 0.3) is 6.08 Å². The molecule has 0 saturated heterocycles. The first-order chi connectivity index (χ1) is 13.0. The molecular formula is C21H23NO5. The van der Waals surface area contributed by atoms with Gasteiger partial charge in [-0.25, -0.2) is 4.79 Å². The Morgan fingerprint density at radius 3 is 2.44 bits per heavy atom. The van der Waals surface area contributed by atoms with Crippen LogP contribution in [0.4, 0.5) is 0 Å². The summed E-state index contributed by atoms with van der Waals surface area (Å²) in [4.78, 5) is 23.6. The number of amides is 1. The second-order valence-corrected chi connectivity index (χ2v) is 5.81. The minimum absolute atomic E-state index is 0.339. The monoisotopic (exact) mass is 369 g/mol. The van der Waals surface area contributed by atoms with Gasteiger partial charge in [0.25, 0.3) is 5.91 Å². The van der Waals surface area contributed by atoms with E-state index in [0.717, 1.165) is 11.1 Å². The van der Waals surface area contributed by atoms with Crippen molar-refractivity contribution in [2.75, 3.05) is 20.8 Å². The number of rotatable bonds is 8. The number of nitrogens with one attached hydrogen (secondary N) is 1. The molecule has 1 N–H and O–H groups in total. The largest absolute Gasteiger partial charge is 0.497 e. The zero-order valence-corrected chi connectivity index (χ0v) is 15.7. The first-order valence-electron chi connectivity index (χ1n) is 8.41. The normalized spacial score (nSPS) is 10.5. The highest BCUT2D eigenvalue weighted by Gasteiger charge is 2.06. The minimum Gasteiger partial charge on any atom is -0.497 e. The molecule has 6 heteroatoms. The van der Waals surface area contributed by atoms with Gasteiger partial charge in [0.2, 0.25) is 0 Å². The molecular weight excluding hydrogens is 346 g/mol. The number of aryl methyl sites for hydroxylation is 1. The van der Waals surface area contributed by atoms with Gasteiger partial charge in [-0.15, -0.1) is 0 Å². The highest BCUT2D eigenvalue weighted by molar-refractivity contribution is 5.89. The maximum Gasteiger partial charge on any atom is 0.331 e. The molecule has 2 rings (SSSR count). The summed E-state index contributed by atoms with van der Waals surface area (Å²) in [5.41, 5.74) is 2.82. The Morgan fingerprint density at radius 2 is 1.78 bits per heavy atom. The van der Waals surface area contributed by atoms with Gasteiger partial charge < -0.3 is 19.5 Å². The number of carbonyl (C=O) groups is 2. The molecule has 0 fully saturated rings. The lowest BCUT2D eigenvalue weighted by molar-refractivity contribution is -0.143. The Bertz CT molecular complexity index is 812. The Hall–Kier alpha value is -3.28. The average Bonchev–Trinajstić information content (AvgIpc) is 2.70. The molecule has 27 heavy (non-hydrogen) atoms. The van der Waals surface area contributed by atoms with E-state index in [1.54, 1.807) is 31.4 Å². The molecule has 142 valence electrons. The van der Waals surface area contributed by atoms with Gasteiger partial charge >= 0.3 is 5.97 Å². The first-order valence-corrected chi connectivity index (χ1v) is 8.41. The second-order valence-electron chi connectivity index (χ2n) is 5.81. The number of benzene rings is 2. The van der Waals surface area contributed by atoms with Crippen molar-refractivity contribution in [2.24, 2.45) is 0 Å². The van der Waals surface area contributed by atoms with E-state index in [0.29, 0.717) is 23.6 Å². The van der Waals surface area contributed by atoms with Crippen LogP contribution in [0.15, 0.2) is 48.5 Å². The standard InChI is InChI=1S/C21H23NO5/c1-15-4-6-16(7-5-15)13-22-20(23)14-27-21(24)11-9-17-8-10-18(25-2)12-19(17)26-3/h4-12H,13-14H2,1-3H3,(H,22,23)/b11-9+. The summed E-state index contributed by atoms with van der Waals surface area (Å²) in [6.07, 6.45) is 2.81. The number of esters is 1. The summed E-state index contributed by atoms with van der Waals surface area (Å²) in [6.45, 7) is 2.04. The highest BCUT2D eigenvalue weighted by Crippen LogP contribution is 2.25. The van der Waals surface area contributed by atoms with E-state index in [-0.39, 0.29) is 12.5 Å². The van der Waals surface area contributed by atoms with E-state index in [1.165, 1.54) is 13.2 Å². The van der Waals surface area contributed by atoms with Crippen LogP contribution in [-0.2, 0) is 20.9 Å². The third-order valence-corrected chi connectivity index (χ3v) is 3.80. The van der Waals surface area contributed by atoms with Crippen LogP contribution < -0.4 is 14.8 Å². The minimum atomic E-state index is -0.613. The Labute approximate surface area is 158 Å². The Balaban J connectivity index is 1.80. The quantitative estimate of drug-likeness (QED) is 0.572. The maximum absolute atomic E-state index is 11.8. The van der Waals surface area contributed by atoms with Crippen LogP contribution in [0.3, 0.4) is 0 Å². The molecule has 0 unspecified atom stereocenters. The molecule has 2 aromatic carbocycles. The molecule has 0 atom stereocenters. The van der Waals surface area contributed by atoms with Gasteiger partial charge in [0.15, 0.2) is 6.61 Å². The third kappa shape index (κ3) is 6.51. The third-order valence-electron chi connectivity index (χ3n) is 3.80. The highest BCUT2D eigenvalue weighted by atomic mass is 16.5. The summed E-state index contributed by atoms with van der Waals surface area (Å²) in [5, 5.41) is 2.70. The summed E-state index contributed by atoms with van der Waals surface area (Å²) >= 11 is 0. The molecule has 0 aliphatic carbocycles. The van der Waals surface area contributed by atoms with Crippen molar-refractivity contribution < 1.29 is 23.8 Å². The Morgan fingerprint density at radius 1 is 1.04 bits per heavy atom. The number of carbonyl (C=O) groups excluding carboxylic acids is 2. The molecule has 0 bridgehead atoms. The van der Waals surface area contributed by atoms with E-state index >= 15 is 0 Å². The van der Waals surface area contributed by atoms with E-state index in [1.807, 2.05) is 31.2 Å². The van der Waals surface area contributed by atoms with Crippen LogP contribution >= 0.6 is 0 Å². The van der Waals surface area contributed by atoms with E-state index < -0.39 is 5.97 Å². The molecule has 0 aliphatic heterocycles. The van der Waals surface area contributed by atoms with E-state index in [2.05, 4.69) is 5.32 Å². The van der Waals surface area contributed by atoms with Crippen LogP contribution in [-0.4, -0.2) is 32.7 Å². The fourth-order valence-electron chi connectivity index (χ4n) is 2.26. The van der Waals surface area contributed by atoms with Gasteiger partial charge in [-0.05, 0) is 30.7 Å². The lowest BCUT2D eigenvalue weighted by atomic mass is 10.1. The van der Waals surface area contributed by atoms with Gasteiger partial charge in [-0.2, -0.15) is 0 Å². The predicted molar refractivity (Wildman–Crippen MR) is 103 cm³/mol. The lowest BCUT2D eigenvalue weighted by Crippen LogP contribution is -2.28. The van der Waals surface area contributed by atoms with Gasteiger partial charge in [-0.3, -0.25) is 4.79 Å². The van der Waals surface area contributed by atoms with Crippen molar-refractivity contribution in [3.8, 4) is 11.5 Å². The maximum atomic E-state index is 11.8. The zero-order chi connectivity index (χ0) is 19.6. The topological polar surface area (TPSA) is 73.9 Å². The summed E-state index contributed by atoms with van der Waals surface area (Å²) in [7, 11) is 3.09. The van der Waals surface area contributed by atoms with Crippen LogP contribution in [0.5, 0.6) is 11.5 Å². The fraction of sp³-hybridized carbons (Fsp3) is 0.238. The fourth-order valence-corrected chi connectivity index (χ4v) is 2.26. The molecule has 1 amide bonds. The molecule has 0 saturated carbocycles. The second kappa shape index (κ2) is 10.0. The van der Waals surface area contributed by atoms with Gasteiger partial charge in [0, 0.05) is 24.3 Å². The molecule has 0 radical (unpaired) electrons. The molecule has 2 aromatic rings. The molecule has 0 heterocycles. The van der Waals surface area contributed by atoms with Crippen LogP contribution in [0.2, 0.25) is 0 Å². The smallest absolute Gasteiger partial charge is 0.331 e. The molecule has 0 aliphatic rings. The summed E-state index contributed by atoms with van der Waals surface area (Å²) in [5.74, 6) is 0.240. The number of hydrogen-bond donors (Lipinski definition) is 1. The predicted octanol–water partition coefficient (Wildman–Crippen LogP) is 2.89. The average molecular weight is 369 g/mol. The Kier molecular flexibility index (Phi) is 7.43. The van der Waals surface area contributed by atoms with Crippen molar-refractivity contribution in [1.82, 2.24) is 5.32 Å². The van der Waals surface area contributed by atoms with Crippen LogP contribution in [0.1, 0.15) is 16.7 Å². The van der Waals surface area contributed by atoms with E-state index in [9.17, 15) is 9.59 Å². The number of methoxy groups -OCH3 is 2. The SMILES string of the molecule is COc1ccc(/C=C/C(=O)OCC(=O)NCc2ccc(C)cc2)c(OC)c1. The van der Waals surface area contributed by atoms with E-state index in [4.69, 9.17) is 14.2 Å². The number of hydrogen-bond acceptors (Lipinski definition) is 5. The van der Waals surface area contributed by atoms with Gasteiger partial charge in [0.1, 0.15) is 11.5 Å².